The van der Waals surface area contributed by atoms with E-state index in [1.54, 1.807) is 0 Å². The lowest BCUT2D eigenvalue weighted by Gasteiger charge is -2.06. The van der Waals surface area contributed by atoms with Crippen molar-refractivity contribution in [3.63, 3.8) is 0 Å². The number of rotatable bonds is 3. The number of non-ortho nitro benzene ring substituents is 1. The van der Waals surface area contributed by atoms with Crippen LogP contribution in [-0.2, 0) is 0 Å². The molecule has 2 aromatic rings. The predicted octanol–water partition coefficient (Wildman–Crippen LogP) is 3.80. The first kappa shape index (κ1) is 15.3. The summed E-state index contributed by atoms with van der Waals surface area (Å²) in [6, 6.07) is 4.27. The Balaban J connectivity index is 2.24. The zero-order valence-electron chi connectivity index (χ0n) is 10.1. The summed E-state index contributed by atoms with van der Waals surface area (Å²) in [4.78, 5) is 25.5. The molecule has 0 saturated heterocycles. The Morgan fingerprint density at radius 2 is 2.14 bits per heavy atom. The molecule has 6 nitrogen and oxygen atoms in total. The van der Waals surface area contributed by atoms with Crippen molar-refractivity contribution in [2.24, 2.45) is 0 Å². The number of nitrogens with zero attached hydrogens (tertiary/aromatic N) is 2. The van der Waals surface area contributed by atoms with Crippen LogP contribution in [0, 0.1) is 15.9 Å². The minimum atomic E-state index is -0.984. The van der Waals surface area contributed by atoms with Crippen LogP contribution >= 0.6 is 27.5 Å². The fraction of sp³-hybridized carbons (Fsp3) is 0. The highest BCUT2D eigenvalue weighted by Crippen LogP contribution is 2.24. The number of benzene rings is 1. The van der Waals surface area contributed by atoms with Crippen molar-refractivity contribution in [3.8, 4) is 0 Å². The molecule has 1 amide bonds. The maximum atomic E-state index is 13.7. The van der Waals surface area contributed by atoms with Crippen LogP contribution in [0.25, 0.3) is 0 Å². The molecule has 0 spiro atoms. The first-order chi connectivity index (χ1) is 9.88. The molecule has 2 rings (SSSR count). The van der Waals surface area contributed by atoms with E-state index in [1.165, 1.54) is 12.3 Å². The highest BCUT2D eigenvalue weighted by atomic mass is 79.9. The van der Waals surface area contributed by atoms with Gasteiger partial charge < -0.3 is 5.32 Å². The van der Waals surface area contributed by atoms with Crippen LogP contribution in [0.2, 0.25) is 5.15 Å². The van der Waals surface area contributed by atoms with Gasteiger partial charge in [0.2, 0.25) is 0 Å². The normalized spacial score (nSPS) is 10.2. The fourth-order valence-electron chi connectivity index (χ4n) is 1.49. The Bertz CT molecular complexity index is 742. The molecule has 0 bridgehead atoms. The van der Waals surface area contributed by atoms with E-state index in [-0.39, 0.29) is 10.7 Å². The standard InChI is InChI=1S/C12H6BrClFN3O3/c13-9-3-6(5-16-11(9)14)17-12(19)8-2-1-7(18(20)21)4-10(8)15/h1-5H,(H,17,19). The van der Waals surface area contributed by atoms with Gasteiger partial charge in [-0.3, -0.25) is 14.9 Å². The van der Waals surface area contributed by atoms with Gasteiger partial charge in [0.15, 0.2) is 0 Å². The zero-order chi connectivity index (χ0) is 15.6. The Hall–Kier alpha value is -2.06. The van der Waals surface area contributed by atoms with Gasteiger partial charge in [0.05, 0.1) is 32.9 Å². The van der Waals surface area contributed by atoms with Crippen LogP contribution in [-0.4, -0.2) is 15.8 Å². The molecular formula is C12H6BrClFN3O3. The van der Waals surface area contributed by atoms with Gasteiger partial charge in [-0.2, -0.15) is 0 Å². The third kappa shape index (κ3) is 3.53. The number of anilines is 1. The SMILES string of the molecule is O=C(Nc1cnc(Cl)c(Br)c1)c1ccc([N+](=O)[O-])cc1F. The van der Waals surface area contributed by atoms with Crippen LogP contribution < -0.4 is 5.32 Å². The van der Waals surface area contributed by atoms with Crippen molar-refractivity contribution in [2.45, 2.75) is 0 Å². The Labute approximate surface area is 131 Å². The molecule has 0 radical (unpaired) electrons. The number of pyridine rings is 1. The molecule has 21 heavy (non-hydrogen) atoms. The number of nitrogens with one attached hydrogen (secondary N) is 1. The molecular weight excluding hydrogens is 369 g/mol. The summed E-state index contributed by atoms with van der Waals surface area (Å²) in [7, 11) is 0. The first-order valence-corrected chi connectivity index (χ1v) is 6.62. The topological polar surface area (TPSA) is 85.1 Å². The Morgan fingerprint density at radius 1 is 1.43 bits per heavy atom. The lowest BCUT2D eigenvalue weighted by Crippen LogP contribution is -2.14. The molecule has 0 saturated carbocycles. The third-order valence-electron chi connectivity index (χ3n) is 2.46. The number of carbonyl (C=O) groups excluding carboxylic acids is 1. The van der Waals surface area contributed by atoms with Gasteiger partial charge in [0.1, 0.15) is 11.0 Å². The van der Waals surface area contributed by atoms with Gasteiger partial charge in [-0.1, -0.05) is 11.6 Å². The van der Waals surface area contributed by atoms with Crippen molar-refractivity contribution in [1.29, 1.82) is 0 Å². The minimum absolute atomic E-state index is 0.217. The number of hydrogen-bond acceptors (Lipinski definition) is 4. The van der Waals surface area contributed by atoms with E-state index in [2.05, 4.69) is 26.2 Å². The van der Waals surface area contributed by atoms with Crippen molar-refractivity contribution >= 4 is 44.8 Å². The van der Waals surface area contributed by atoms with E-state index in [4.69, 9.17) is 11.6 Å². The number of hydrogen-bond donors (Lipinski definition) is 1. The minimum Gasteiger partial charge on any atom is -0.320 e. The second-order valence-electron chi connectivity index (χ2n) is 3.87. The largest absolute Gasteiger partial charge is 0.320 e. The number of halogens is 3. The maximum Gasteiger partial charge on any atom is 0.272 e. The molecule has 0 fully saturated rings. The summed E-state index contributed by atoms with van der Waals surface area (Å²) in [6.07, 6.45) is 1.30. The monoisotopic (exact) mass is 373 g/mol. The molecule has 0 aliphatic heterocycles. The van der Waals surface area contributed by atoms with Gasteiger partial charge in [-0.25, -0.2) is 9.37 Å². The van der Waals surface area contributed by atoms with Crippen LogP contribution in [0.3, 0.4) is 0 Å². The molecule has 9 heteroatoms. The zero-order valence-corrected chi connectivity index (χ0v) is 12.5. The Morgan fingerprint density at radius 3 is 2.71 bits per heavy atom. The number of nitro benzene ring substituents is 1. The van der Waals surface area contributed by atoms with E-state index in [9.17, 15) is 19.3 Å². The third-order valence-corrected chi connectivity index (χ3v) is 3.60. The molecule has 1 aromatic heterocycles. The van der Waals surface area contributed by atoms with E-state index in [0.717, 1.165) is 12.1 Å². The molecule has 0 unspecified atom stereocenters. The smallest absolute Gasteiger partial charge is 0.272 e. The van der Waals surface area contributed by atoms with Gasteiger partial charge in [0.25, 0.3) is 11.6 Å². The van der Waals surface area contributed by atoms with Crippen molar-refractivity contribution in [3.05, 3.63) is 61.6 Å². The van der Waals surface area contributed by atoms with Crippen molar-refractivity contribution in [1.82, 2.24) is 4.98 Å². The summed E-state index contributed by atoms with van der Waals surface area (Å²) in [6.45, 7) is 0. The van der Waals surface area contributed by atoms with Crippen molar-refractivity contribution in [2.75, 3.05) is 5.32 Å². The molecule has 0 atom stereocenters. The number of amides is 1. The summed E-state index contributed by atoms with van der Waals surface area (Å²) >= 11 is 8.85. The molecule has 0 aliphatic carbocycles. The fourth-order valence-corrected chi connectivity index (χ4v) is 1.94. The van der Waals surface area contributed by atoms with Crippen molar-refractivity contribution < 1.29 is 14.1 Å². The molecule has 0 aliphatic rings. The molecule has 1 N–H and O–H groups in total. The summed E-state index contributed by atoms with van der Waals surface area (Å²) in [5, 5.41) is 13.1. The summed E-state index contributed by atoms with van der Waals surface area (Å²) < 4.78 is 14.2. The van der Waals surface area contributed by atoms with E-state index in [1.807, 2.05) is 0 Å². The average molecular weight is 375 g/mol. The quantitative estimate of drug-likeness (QED) is 0.503. The Kier molecular flexibility index (Phi) is 4.49. The number of aromatic nitrogens is 1. The van der Waals surface area contributed by atoms with E-state index >= 15 is 0 Å². The molecule has 108 valence electrons. The van der Waals surface area contributed by atoms with E-state index < -0.39 is 22.3 Å². The second-order valence-corrected chi connectivity index (χ2v) is 5.08. The van der Waals surface area contributed by atoms with Gasteiger partial charge >= 0.3 is 0 Å². The van der Waals surface area contributed by atoms with Gasteiger partial charge in [-0.15, -0.1) is 0 Å². The summed E-state index contributed by atoms with van der Waals surface area (Å²) in [5.41, 5.74) is -0.444. The van der Waals surface area contributed by atoms with Gasteiger partial charge in [-0.05, 0) is 28.1 Å². The second kappa shape index (κ2) is 6.15. The highest BCUT2D eigenvalue weighted by molar-refractivity contribution is 9.10. The summed E-state index contributed by atoms with van der Waals surface area (Å²) in [5.74, 6) is -1.74. The van der Waals surface area contributed by atoms with Crippen LogP contribution in [0.5, 0.6) is 0 Å². The lowest BCUT2D eigenvalue weighted by molar-refractivity contribution is -0.385. The predicted molar refractivity (Wildman–Crippen MR) is 78.0 cm³/mol. The van der Waals surface area contributed by atoms with Gasteiger partial charge in [0, 0.05) is 6.07 Å². The van der Waals surface area contributed by atoms with Crippen LogP contribution in [0.4, 0.5) is 15.8 Å². The maximum absolute atomic E-state index is 13.7. The number of nitro groups is 1. The average Bonchev–Trinajstić information content (AvgIpc) is 2.42. The molecule has 1 aromatic carbocycles. The lowest BCUT2D eigenvalue weighted by atomic mass is 10.1. The van der Waals surface area contributed by atoms with Crippen LogP contribution in [0.15, 0.2) is 34.9 Å². The number of carbonyl (C=O) groups is 1. The molecule has 1 heterocycles. The van der Waals surface area contributed by atoms with E-state index in [0.29, 0.717) is 16.2 Å². The highest BCUT2D eigenvalue weighted by Gasteiger charge is 2.16. The first-order valence-electron chi connectivity index (χ1n) is 5.45. The van der Waals surface area contributed by atoms with Crippen LogP contribution in [0.1, 0.15) is 10.4 Å².